The van der Waals surface area contributed by atoms with Crippen LogP contribution in [0.5, 0.6) is 0 Å². The van der Waals surface area contributed by atoms with Crippen molar-refractivity contribution < 1.29 is 15.0 Å². The number of hydrogen-bond acceptors (Lipinski definition) is 3. The van der Waals surface area contributed by atoms with E-state index in [-0.39, 0.29) is 4.48 Å². The maximum atomic E-state index is 10.7. The van der Waals surface area contributed by atoms with Crippen LogP contribution in [0.25, 0.3) is 0 Å². The molecule has 0 saturated carbocycles. The zero-order chi connectivity index (χ0) is 8.15. The molecule has 0 fully saturated rings. The monoisotopic (exact) mass is 206 g/mol. The number of carbonyl (C=O) groups excluding carboxylic acids is 1. The molecule has 0 heterocycles. The number of Topliss-reactive ketones (excluding diaryl/α,β-unsaturated/α-hetero) is 1. The van der Waals surface area contributed by atoms with Gasteiger partial charge < -0.3 is 10.2 Å². The molecule has 0 aliphatic heterocycles. The number of rotatable bonds is 2. The molecular weight excluding hydrogens is 200 g/mol. The Balaban J connectivity index is 4.39. The van der Waals surface area contributed by atoms with Crippen LogP contribution in [-0.4, -0.2) is 16.0 Å². The van der Waals surface area contributed by atoms with Crippen molar-refractivity contribution in [2.45, 2.75) is 6.92 Å². The second kappa shape index (κ2) is 4.11. The van der Waals surface area contributed by atoms with Gasteiger partial charge in [-0.05, 0) is 22.9 Å². The number of carbonyl (C=O) groups is 1. The first-order valence-corrected chi connectivity index (χ1v) is 3.32. The fourth-order valence-electron chi connectivity index (χ4n) is 0.312. The van der Waals surface area contributed by atoms with Crippen molar-refractivity contribution in [2.75, 3.05) is 0 Å². The molecule has 0 amide bonds. The van der Waals surface area contributed by atoms with Gasteiger partial charge in [0.2, 0.25) is 5.78 Å². The van der Waals surface area contributed by atoms with Crippen molar-refractivity contribution in [3.8, 4) is 0 Å². The van der Waals surface area contributed by atoms with E-state index in [9.17, 15) is 4.79 Å². The third-order valence-electron chi connectivity index (χ3n) is 0.825. The number of aliphatic hydroxyl groups is 2. The molecule has 0 unspecified atom stereocenters. The molecule has 10 heavy (non-hydrogen) atoms. The van der Waals surface area contributed by atoms with Gasteiger partial charge in [0.1, 0.15) is 6.26 Å². The quantitative estimate of drug-likeness (QED) is 0.536. The van der Waals surface area contributed by atoms with E-state index in [2.05, 4.69) is 15.9 Å². The van der Waals surface area contributed by atoms with Gasteiger partial charge in [-0.2, -0.15) is 0 Å². The van der Waals surface area contributed by atoms with E-state index < -0.39 is 11.5 Å². The fourth-order valence-corrected chi connectivity index (χ4v) is 0.515. The first kappa shape index (κ1) is 9.23. The molecule has 0 rings (SSSR count). The zero-order valence-electron chi connectivity index (χ0n) is 5.34. The average molecular weight is 207 g/mol. The predicted molar refractivity (Wildman–Crippen MR) is 41.0 cm³/mol. The van der Waals surface area contributed by atoms with E-state index in [1.165, 1.54) is 6.08 Å². The minimum Gasteiger partial charge on any atom is -0.512 e. The van der Waals surface area contributed by atoms with Crippen LogP contribution < -0.4 is 0 Å². The summed E-state index contributed by atoms with van der Waals surface area (Å²) in [7, 11) is 0. The molecule has 0 spiro atoms. The molecule has 0 aliphatic rings. The van der Waals surface area contributed by atoms with Crippen LogP contribution in [-0.2, 0) is 4.79 Å². The predicted octanol–water partition coefficient (Wildman–Crippen LogP) is 1.81. The third kappa shape index (κ3) is 2.23. The van der Waals surface area contributed by atoms with Crippen molar-refractivity contribution in [1.82, 2.24) is 0 Å². The summed E-state index contributed by atoms with van der Waals surface area (Å²) in [5.41, 5.74) is 0. The lowest BCUT2D eigenvalue weighted by Crippen LogP contribution is -2.00. The molecule has 0 aromatic rings. The molecule has 2 N–H and O–H groups in total. The Bertz CT molecular complexity index is 173. The van der Waals surface area contributed by atoms with Gasteiger partial charge in [-0.15, -0.1) is 0 Å². The molecule has 0 bridgehead atoms. The molecule has 0 atom stereocenters. The topological polar surface area (TPSA) is 57.5 Å². The highest BCUT2D eigenvalue weighted by molar-refractivity contribution is 9.12. The molecule has 4 heteroatoms. The van der Waals surface area contributed by atoms with Crippen LogP contribution in [0.3, 0.4) is 0 Å². The van der Waals surface area contributed by atoms with Crippen LogP contribution in [0.4, 0.5) is 0 Å². The highest BCUT2D eigenvalue weighted by atomic mass is 79.9. The highest BCUT2D eigenvalue weighted by Gasteiger charge is 2.09. The summed E-state index contributed by atoms with van der Waals surface area (Å²) in [4.78, 5) is 10.7. The Morgan fingerprint density at radius 1 is 1.60 bits per heavy atom. The summed E-state index contributed by atoms with van der Waals surface area (Å²) in [5.74, 6) is -1.31. The number of aliphatic hydroxyl groups excluding tert-OH is 2. The Morgan fingerprint density at radius 3 is 2.40 bits per heavy atom. The smallest absolute Gasteiger partial charge is 0.237 e. The molecule has 3 nitrogen and oxygen atoms in total. The number of ketones is 1. The zero-order valence-corrected chi connectivity index (χ0v) is 6.92. The SMILES string of the molecule is C/C=C(/Br)C(=O)/C(O)=C\O. The van der Waals surface area contributed by atoms with E-state index in [4.69, 9.17) is 10.2 Å². The van der Waals surface area contributed by atoms with E-state index in [0.717, 1.165) is 0 Å². The van der Waals surface area contributed by atoms with Crippen molar-refractivity contribution in [3.63, 3.8) is 0 Å². The number of halogens is 1. The second-order valence-corrected chi connectivity index (χ2v) is 2.33. The largest absolute Gasteiger partial charge is 0.512 e. The van der Waals surface area contributed by atoms with Crippen LogP contribution in [0, 0.1) is 0 Å². The molecular formula is C6H7BrO3. The minimum atomic E-state index is -0.676. The minimum absolute atomic E-state index is 0.218. The van der Waals surface area contributed by atoms with Gasteiger partial charge in [0.15, 0.2) is 5.76 Å². The Hall–Kier alpha value is -0.770. The van der Waals surface area contributed by atoms with Gasteiger partial charge in [0, 0.05) is 0 Å². The standard InChI is InChI=1S/C6H7BrO3/c1-2-4(7)6(10)5(9)3-8/h2-3,8-9H,1H3/b4-2+,5-3+. The van der Waals surface area contributed by atoms with Crippen molar-refractivity contribution in [1.29, 1.82) is 0 Å². The van der Waals surface area contributed by atoms with E-state index in [1.807, 2.05) is 0 Å². The Kier molecular flexibility index (Phi) is 3.79. The summed E-state index contributed by atoms with van der Waals surface area (Å²) in [6.45, 7) is 1.63. The van der Waals surface area contributed by atoms with E-state index in [1.54, 1.807) is 6.92 Å². The van der Waals surface area contributed by atoms with Crippen LogP contribution >= 0.6 is 15.9 Å². The molecule has 0 aromatic carbocycles. The van der Waals surface area contributed by atoms with Gasteiger partial charge in [-0.25, -0.2) is 0 Å². The molecule has 0 radical (unpaired) electrons. The van der Waals surface area contributed by atoms with Gasteiger partial charge in [0.05, 0.1) is 4.48 Å². The van der Waals surface area contributed by atoms with Gasteiger partial charge in [0.25, 0.3) is 0 Å². The maximum Gasteiger partial charge on any atom is 0.237 e. The summed E-state index contributed by atoms with van der Waals surface area (Å²) in [6.07, 6.45) is 1.83. The number of allylic oxidation sites excluding steroid dienone is 2. The van der Waals surface area contributed by atoms with E-state index in [0.29, 0.717) is 6.26 Å². The maximum absolute atomic E-state index is 10.7. The second-order valence-electron chi connectivity index (χ2n) is 1.48. The van der Waals surface area contributed by atoms with Crippen molar-refractivity contribution in [2.24, 2.45) is 0 Å². The first-order valence-electron chi connectivity index (χ1n) is 2.53. The molecule has 0 saturated heterocycles. The van der Waals surface area contributed by atoms with Crippen LogP contribution in [0.2, 0.25) is 0 Å². The molecule has 0 aromatic heterocycles. The first-order chi connectivity index (χ1) is 4.63. The lowest BCUT2D eigenvalue weighted by Gasteiger charge is -1.93. The van der Waals surface area contributed by atoms with Gasteiger partial charge in [-0.3, -0.25) is 4.79 Å². The Morgan fingerprint density at radius 2 is 2.10 bits per heavy atom. The fraction of sp³-hybridized carbons (Fsp3) is 0.167. The summed E-state index contributed by atoms with van der Waals surface area (Å²) >= 11 is 2.88. The molecule has 56 valence electrons. The third-order valence-corrected chi connectivity index (χ3v) is 1.64. The lowest BCUT2D eigenvalue weighted by molar-refractivity contribution is -0.114. The van der Waals surface area contributed by atoms with Crippen LogP contribution in [0.1, 0.15) is 6.92 Å². The van der Waals surface area contributed by atoms with Crippen molar-refractivity contribution >= 4 is 21.7 Å². The number of hydrogen-bond donors (Lipinski definition) is 2. The summed E-state index contributed by atoms with van der Waals surface area (Å²) in [5, 5.41) is 16.8. The summed E-state index contributed by atoms with van der Waals surface area (Å²) < 4.78 is 0.218. The van der Waals surface area contributed by atoms with Crippen molar-refractivity contribution in [3.05, 3.63) is 22.6 Å². The normalized spacial score (nSPS) is 13.4. The van der Waals surface area contributed by atoms with Gasteiger partial charge in [-0.1, -0.05) is 6.08 Å². The average Bonchev–Trinajstić information content (AvgIpc) is 2.00. The Labute approximate surface area is 66.8 Å². The lowest BCUT2D eigenvalue weighted by atomic mass is 10.3. The highest BCUT2D eigenvalue weighted by Crippen LogP contribution is 2.09. The summed E-state index contributed by atoms with van der Waals surface area (Å²) in [6, 6.07) is 0. The van der Waals surface area contributed by atoms with E-state index >= 15 is 0 Å². The van der Waals surface area contributed by atoms with Gasteiger partial charge >= 0.3 is 0 Å². The molecule has 0 aliphatic carbocycles. The van der Waals surface area contributed by atoms with Crippen LogP contribution in [0.15, 0.2) is 22.6 Å².